The molecular weight excluding hydrogens is 204 g/mol. The molecule has 1 heterocycles. The summed E-state index contributed by atoms with van der Waals surface area (Å²) < 4.78 is 0. The monoisotopic (exact) mass is 228 g/mol. The number of carbonyl (C=O) groups is 1. The Hall–Kier alpha value is -0.610. The zero-order valence-corrected chi connectivity index (χ0v) is 10.4. The van der Waals surface area contributed by atoms with Crippen molar-refractivity contribution in [3.05, 3.63) is 0 Å². The van der Waals surface area contributed by atoms with Crippen LogP contribution < -0.4 is 5.73 Å². The topological polar surface area (TPSA) is 66.6 Å². The lowest BCUT2D eigenvalue weighted by atomic mass is 9.98. The Balaban J connectivity index is 2.51. The van der Waals surface area contributed by atoms with Gasteiger partial charge in [-0.25, -0.2) is 0 Å². The molecule has 0 bridgehead atoms. The van der Waals surface area contributed by atoms with Crippen LogP contribution in [-0.2, 0) is 4.79 Å². The molecule has 1 aliphatic rings. The highest BCUT2D eigenvalue weighted by Gasteiger charge is 2.28. The van der Waals surface area contributed by atoms with Crippen molar-refractivity contribution in [1.82, 2.24) is 4.90 Å². The number of hydrogen-bond donors (Lipinski definition) is 2. The summed E-state index contributed by atoms with van der Waals surface area (Å²) in [7, 11) is 0. The van der Waals surface area contributed by atoms with Crippen molar-refractivity contribution in [3.8, 4) is 0 Å². The molecule has 1 aliphatic heterocycles. The first-order chi connectivity index (χ1) is 7.46. The molecule has 3 N–H and O–H groups in total. The Kier molecular flexibility index (Phi) is 4.74. The van der Waals surface area contributed by atoms with Gasteiger partial charge in [-0.2, -0.15) is 0 Å². The highest BCUT2D eigenvalue weighted by molar-refractivity contribution is 5.78. The molecule has 1 saturated heterocycles. The van der Waals surface area contributed by atoms with Crippen molar-refractivity contribution >= 4 is 5.91 Å². The highest BCUT2D eigenvalue weighted by Crippen LogP contribution is 2.22. The minimum absolute atomic E-state index is 0.00745. The SMILES string of the molecule is CC(CCN)C(=O)N1CCCC(C)(O)CC1. The minimum Gasteiger partial charge on any atom is -0.390 e. The lowest BCUT2D eigenvalue weighted by molar-refractivity contribution is -0.135. The fourth-order valence-electron chi connectivity index (χ4n) is 2.17. The normalized spacial score (nSPS) is 28.6. The summed E-state index contributed by atoms with van der Waals surface area (Å²) >= 11 is 0. The smallest absolute Gasteiger partial charge is 0.225 e. The molecule has 4 nitrogen and oxygen atoms in total. The minimum atomic E-state index is -0.605. The van der Waals surface area contributed by atoms with Crippen molar-refractivity contribution in [1.29, 1.82) is 0 Å². The Morgan fingerprint density at radius 3 is 2.81 bits per heavy atom. The maximum absolute atomic E-state index is 12.0. The molecule has 0 aromatic heterocycles. The molecule has 0 aromatic rings. The molecule has 2 atom stereocenters. The third-order valence-electron chi connectivity index (χ3n) is 3.40. The van der Waals surface area contributed by atoms with Gasteiger partial charge >= 0.3 is 0 Å². The van der Waals surface area contributed by atoms with Crippen molar-refractivity contribution in [2.75, 3.05) is 19.6 Å². The largest absolute Gasteiger partial charge is 0.390 e. The fraction of sp³-hybridized carbons (Fsp3) is 0.917. The number of carbonyl (C=O) groups excluding carboxylic acids is 1. The summed E-state index contributed by atoms with van der Waals surface area (Å²) in [5.74, 6) is 0.191. The lowest BCUT2D eigenvalue weighted by Crippen LogP contribution is -2.37. The Labute approximate surface area is 97.8 Å². The quantitative estimate of drug-likeness (QED) is 0.748. The van der Waals surface area contributed by atoms with Crippen LogP contribution in [0.3, 0.4) is 0 Å². The molecule has 2 unspecified atom stereocenters. The number of aliphatic hydroxyl groups is 1. The Bertz CT molecular complexity index is 241. The van der Waals surface area contributed by atoms with Gasteiger partial charge in [-0.05, 0) is 39.2 Å². The summed E-state index contributed by atoms with van der Waals surface area (Å²) in [4.78, 5) is 13.9. The molecule has 16 heavy (non-hydrogen) atoms. The zero-order valence-electron chi connectivity index (χ0n) is 10.4. The molecular formula is C12H24N2O2. The maximum Gasteiger partial charge on any atom is 0.225 e. The molecule has 0 radical (unpaired) electrons. The van der Waals surface area contributed by atoms with E-state index in [4.69, 9.17) is 5.73 Å². The maximum atomic E-state index is 12.0. The first-order valence-electron chi connectivity index (χ1n) is 6.17. The zero-order chi connectivity index (χ0) is 12.2. The third kappa shape index (κ3) is 3.76. The summed E-state index contributed by atoms with van der Waals surface area (Å²) in [5.41, 5.74) is 4.85. The van der Waals surface area contributed by atoms with E-state index >= 15 is 0 Å². The third-order valence-corrected chi connectivity index (χ3v) is 3.40. The van der Waals surface area contributed by atoms with E-state index in [9.17, 15) is 9.90 Å². The molecule has 0 aromatic carbocycles. The Morgan fingerprint density at radius 2 is 2.19 bits per heavy atom. The number of hydrogen-bond acceptors (Lipinski definition) is 3. The predicted molar refractivity (Wildman–Crippen MR) is 63.9 cm³/mol. The summed E-state index contributed by atoms with van der Waals surface area (Å²) in [6.45, 7) is 5.77. The van der Waals surface area contributed by atoms with E-state index in [-0.39, 0.29) is 11.8 Å². The number of likely N-dealkylation sites (tertiary alicyclic amines) is 1. The van der Waals surface area contributed by atoms with Gasteiger partial charge < -0.3 is 15.7 Å². The number of amides is 1. The van der Waals surface area contributed by atoms with Crippen LogP contribution in [-0.4, -0.2) is 41.1 Å². The molecule has 0 aliphatic carbocycles. The molecule has 1 rings (SSSR count). The van der Waals surface area contributed by atoms with E-state index in [2.05, 4.69) is 0 Å². The number of nitrogens with two attached hydrogens (primary N) is 1. The predicted octanol–water partition coefficient (Wildman–Crippen LogP) is 0.735. The average molecular weight is 228 g/mol. The van der Waals surface area contributed by atoms with Gasteiger partial charge in [0.1, 0.15) is 0 Å². The number of rotatable bonds is 3. The van der Waals surface area contributed by atoms with Crippen LogP contribution in [0.15, 0.2) is 0 Å². The Morgan fingerprint density at radius 1 is 1.50 bits per heavy atom. The van der Waals surface area contributed by atoms with Crippen molar-refractivity contribution in [2.24, 2.45) is 11.7 Å². The van der Waals surface area contributed by atoms with Gasteiger partial charge in [0, 0.05) is 19.0 Å². The fourth-order valence-corrected chi connectivity index (χ4v) is 2.17. The van der Waals surface area contributed by atoms with E-state index < -0.39 is 5.60 Å². The van der Waals surface area contributed by atoms with Crippen LogP contribution in [0.1, 0.15) is 39.5 Å². The molecule has 94 valence electrons. The standard InChI is InChI=1S/C12H24N2O2/c1-10(4-7-13)11(15)14-8-3-5-12(2,16)6-9-14/h10,16H,3-9,13H2,1-2H3. The average Bonchev–Trinajstić information content (AvgIpc) is 2.39. The van der Waals surface area contributed by atoms with Gasteiger partial charge in [0.2, 0.25) is 5.91 Å². The van der Waals surface area contributed by atoms with Crippen molar-refractivity contribution in [3.63, 3.8) is 0 Å². The van der Waals surface area contributed by atoms with Crippen LogP contribution in [0.25, 0.3) is 0 Å². The molecule has 4 heteroatoms. The van der Waals surface area contributed by atoms with Crippen molar-refractivity contribution < 1.29 is 9.90 Å². The second kappa shape index (κ2) is 5.64. The molecule has 0 saturated carbocycles. The van der Waals surface area contributed by atoms with Gasteiger partial charge in [-0.1, -0.05) is 6.92 Å². The van der Waals surface area contributed by atoms with Crippen LogP contribution in [0.5, 0.6) is 0 Å². The molecule has 1 amide bonds. The first-order valence-corrected chi connectivity index (χ1v) is 6.17. The second-order valence-electron chi connectivity index (χ2n) is 5.15. The summed E-state index contributed by atoms with van der Waals surface area (Å²) in [6, 6.07) is 0. The van der Waals surface area contributed by atoms with Gasteiger partial charge in [0.15, 0.2) is 0 Å². The number of nitrogens with zero attached hydrogens (tertiary/aromatic N) is 1. The van der Waals surface area contributed by atoms with Crippen LogP contribution in [0.4, 0.5) is 0 Å². The van der Waals surface area contributed by atoms with Crippen molar-refractivity contribution in [2.45, 2.75) is 45.1 Å². The molecule has 0 spiro atoms. The summed E-state index contributed by atoms with van der Waals surface area (Å²) in [5, 5.41) is 9.94. The van der Waals surface area contributed by atoms with Gasteiger partial charge in [0.25, 0.3) is 0 Å². The van der Waals surface area contributed by atoms with E-state index in [1.54, 1.807) is 0 Å². The first kappa shape index (κ1) is 13.5. The van der Waals surface area contributed by atoms with E-state index in [1.165, 1.54) is 0 Å². The highest BCUT2D eigenvalue weighted by atomic mass is 16.3. The van der Waals surface area contributed by atoms with Gasteiger partial charge in [-0.3, -0.25) is 4.79 Å². The lowest BCUT2D eigenvalue weighted by Gasteiger charge is -2.25. The van der Waals surface area contributed by atoms with E-state index in [0.717, 1.165) is 25.8 Å². The van der Waals surface area contributed by atoms with E-state index in [1.807, 2.05) is 18.7 Å². The van der Waals surface area contributed by atoms with Crippen LogP contribution in [0, 0.1) is 5.92 Å². The van der Waals surface area contributed by atoms with Gasteiger partial charge in [0.05, 0.1) is 5.60 Å². The molecule has 1 fully saturated rings. The summed E-state index contributed by atoms with van der Waals surface area (Å²) in [6.07, 6.45) is 3.08. The van der Waals surface area contributed by atoms with Crippen LogP contribution >= 0.6 is 0 Å². The second-order valence-corrected chi connectivity index (χ2v) is 5.15. The van der Waals surface area contributed by atoms with E-state index in [0.29, 0.717) is 19.5 Å². The van der Waals surface area contributed by atoms with Crippen LogP contribution in [0.2, 0.25) is 0 Å². The van der Waals surface area contributed by atoms with Gasteiger partial charge in [-0.15, -0.1) is 0 Å².